The lowest BCUT2D eigenvalue weighted by Gasteiger charge is -2.21. The number of thioether (sulfide) groups is 1. The molecular formula is C11H19N3S. The maximum atomic E-state index is 8.59. The molecule has 0 aromatic rings. The minimum atomic E-state index is 0.861. The second-order valence-electron chi connectivity index (χ2n) is 3.89. The van der Waals surface area contributed by atoms with E-state index >= 15 is 0 Å². The molecule has 3 nitrogen and oxygen atoms in total. The topological polar surface area (TPSA) is 39.4 Å². The van der Waals surface area contributed by atoms with Crippen molar-refractivity contribution in [2.24, 2.45) is 10.9 Å². The molecule has 0 N–H and O–H groups in total. The monoisotopic (exact) mass is 225 g/mol. The summed E-state index contributed by atoms with van der Waals surface area (Å²) in [5, 5.41) is 9.47. The number of hydrogen-bond acceptors (Lipinski definition) is 3. The van der Waals surface area contributed by atoms with Crippen molar-refractivity contribution < 1.29 is 0 Å². The van der Waals surface area contributed by atoms with Crippen LogP contribution in [0.4, 0.5) is 0 Å². The van der Waals surface area contributed by atoms with Crippen LogP contribution in [-0.4, -0.2) is 29.4 Å². The number of nitrogens with zero attached hydrogens (tertiary/aromatic N) is 3. The Morgan fingerprint density at radius 1 is 1.53 bits per heavy atom. The van der Waals surface area contributed by atoms with Gasteiger partial charge in [-0.05, 0) is 31.4 Å². The van der Waals surface area contributed by atoms with Gasteiger partial charge < -0.3 is 4.90 Å². The van der Waals surface area contributed by atoms with E-state index in [1.165, 1.54) is 25.7 Å². The summed E-state index contributed by atoms with van der Waals surface area (Å²) in [6.45, 7) is 4.37. The molecule has 1 aliphatic rings. The van der Waals surface area contributed by atoms with E-state index in [1.807, 2.05) is 12.4 Å². The van der Waals surface area contributed by atoms with Crippen LogP contribution < -0.4 is 0 Å². The molecule has 84 valence electrons. The highest BCUT2D eigenvalue weighted by Gasteiger charge is 2.17. The molecule has 1 aliphatic heterocycles. The number of nitriles is 1. The number of aliphatic imine (C=N–C) groups is 1. The summed E-state index contributed by atoms with van der Waals surface area (Å²) in [6.07, 6.45) is 8.93. The fourth-order valence-electron chi connectivity index (χ4n) is 2.05. The van der Waals surface area contributed by atoms with Crippen molar-refractivity contribution in [1.82, 2.24) is 4.90 Å². The molecule has 0 bridgehead atoms. The highest BCUT2D eigenvalue weighted by atomic mass is 32.2. The first-order valence-electron chi connectivity index (χ1n) is 5.57. The molecule has 15 heavy (non-hydrogen) atoms. The Bertz CT molecular complexity index is 257. The van der Waals surface area contributed by atoms with Gasteiger partial charge in [-0.15, -0.1) is 4.99 Å². The molecule has 0 amide bonds. The van der Waals surface area contributed by atoms with Gasteiger partial charge in [0.2, 0.25) is 6.19 Å². The predicted molar refractivity (Wildman–Crippen MR) is 65.8 cm³/mol. The van der Waals surface area contributed by atoms with E-state index in [0.717, 1.165) is 24.2 Å². The van der Waals surface area contributed by atoms with Crippen molar-refractivity contribution in [2.75, 3.05) is 19.3 Å². The molecule has 0 spiro atoms. The molecule has 1 atom stereocenters. The smallest absolute Gasteiger partial charge is 0.208 e. The predicted octanol–water partition coefficient (Wildman–Crippen LogP) is 2.70. The first kappa shape index (κ1) is 12.4. The van der Waals surface area contributed by atoms with Crippen molar-refractivity contribution in [2.45, 2.75) is 32.6 Å². The third kappa shape index (κ3) is 3.75. The quantitative estimate of drug-likeness (QED) is 0.391. The molecule has 1 rings (SSSR count). The SMILES string of the molecule is CCC1CCCN(C(=NC#N)SC)CC1. The Morgan fingerprint density at radius 2 is 2.33 bits per heavy atom. The average Bonchev–Trinajstić information content (AvgIpc) is 2.51. The molecule has 1 saturated heterocycles. The molecule has 1 unspecified atom stereocenters. The minimum Gasteiger partial charge on any atom is -0.351 e. The molecular weight excluding hydrogens is 206 g/mol. The van der Waals surface area contributed by atoms with Crippen LogP contribution in [0.5, 0.6) is 0 Å². The molecule has 0 aliphatic carbocycles. The standard InChI is InChI=1S/C11H19N3S/c1-3-10-5-4-7-14(8-6-10)11(15-2)13-9-12/h10H,3-8H2,1-2H3. The highest BCUT2D eigenvalue weighted by Crippen LogP contribution is 2.21. The summed E-state index contributed by atoms with van der Waals surface area (Å²) >= 11 is 1.57. The van der Waals surface area contributed by atoms with Gasteiger partial charge >= 0.3 is 0 Å². The van der Waals surface area contributed by atoms with Crippen molar-refractivity contribution >= 4 is 16.9 Å². The lowest BCUT2D eigenvalue weighted by Crippen LogP contribution is -2.29. The van der Waals surface area contributed by atoms with Gasteiger partial charge in [-0.1, -0.05) is 25.1 Å². The largest absolute Gasteiger partial charge is 0.351 e. The van der Waals surface area contributed by atoms with Gasteiger partial charge in [-0.25, -0.2) is 0 Å². The molecule has 4 heteroatoms. The third-order valence-electron chi connectivity index (χ3n) is 3.02. The van der Waals surface area contributed by atoms with Gasteiger partial charge in [0.25, 0.3) is 0 Å². The number of hydrogen-bond donors (Lipinski definition) is 0. The highest BCUT2D eigenvalue weighted by molar-refractivity contribution is 8.13. The maximum Gasteiger partial charge on any atom is 0.208 e. The Morgan fingerprint density at radius 3 is 2.93 bits per heavy atom. The second kappa shape index (κ2) is 6.73. The number of likely N-dealkylation sites (tertiary alicyclic amines) is 1. The zero-order valence-corrected chi connectivity index (χ0v) is 10.4. The van der Waals surface area contributed by atoms with Crippen LogP contribution in [0, 0.1) is 17.4 Å². The van der Waals surface area contributed by atoms with Gasteiger partial charge in [0, 0.05) is 13.1 Å². The summed E-state index contributed by atoms with van der Waals surface area (Å²) in [4.78, 5) is 6.12. The van der Waals surface area contributed by atoms with Crippen LogP contribution in [0.1, 0.15) is 32.6 Å². The zero-order chi connectivity index (χ0) is 11.1. The van der Waals surface area contributed by atoms with E-state index in [-0.39, 0.29) is 0 Å². The van der Waals surface area contributed by atoms with Gasteiger partial charge in [-0.2, -0.15) is 5.26 Å². The summed E-state index contributed by atoms with van der Waals surface area (Å²) in [5.41, 5.74) is 0. The second-order valence-corrected chi connectivity index (χ2v) is 4.66. The number of rotatable bonds is 1. The van der Waals surface area contributed by atoms with E-state index < -0.39 is 0 Å². The lowest BCUT2D eigenvalue weighted by atomic mass is 9.98. The molecule has 0 saturated carbocycles. The summed E-state index contributed by atoms with van der Waals surface area (Å²) in [5.74, 6) is 0.861. The Balaban J connectivity index is 2.56. The van der Waals surface area contributed by atoms with Crippen molar-refractivity contribution in [3.63, 3.8) is 0 Å². The van der Waals surface area contributed by atoms with Crippen LogP contribution >= 0.6 is 11.8 Å². The van der Waals surface area contributed by atoms with E-state index in [4.69, 9.17) is 5.26 Å². The van der Waals surface area contributed by atoms with E-state index in [9.17, 15) is 0 Å². The van der Waals surface area contributed by atoms with Gasteiger partial charge in [0.15, 0.2) is 5.17 Å². The van der Waals surface area contributed by atoms with Crippen LogP contribution in [0.3, 0.4) is 0 Å². The van der Waals surface area contributed by atoms with Gasteiger partial charge in [0.1, 0.15) is 0 Å². The zero-order valence-electron chi connectivity index (χ0n) is 9.57. The molecule has 1 fully saturated rings. The van der Waals surface area contributed by atoms with E-state index in [2.05, 4.69) is 16.8 Å². The summed E-state index contributed by atoms with van der Waals surface area (Å²) < 4.78 is 0. The van der Waals surface area contributed by atoms with Crippen LogP contribution in [0.15, 0.2) is 4.99 Å². The van der Waals surface area contributed by atoms with Crippen LogP contribution in [0.2, 0.25) is 0 Å². The molecule has 0 radical (unpaired) electrons. The first-order valence-corrected chi connectivity index (χ1v) is 6.80. The Hall–Kier alpha value is -0.690. The average molecular weight is 225 g/mol. The van der Waals surface area contributed by atoms with Crippen LogP contribution in [-0.2, 0) is 0 Å². The molecule has 0 aromatic heterocycles. The van der Waals surface area contributed by atoms with E-state index in [0.29, 0.717) is 0 Å². The van der Waals surface area contributed by atoms with Crippen LogP contribution in [0.25, 0.3) is 0 Å². The molecule has 0 aromatic carbocycles. The Kier molecular flexibility index (Phi) is 5.56. The summed E-state index contributed by atoms with van der Waals surface area (Å²) in [6, 6.07) is 0. The van der Waals surface area contributed by atoms with Gasteiger partial charge in [-0.3, -0.25) is 0 Å². The fraction of sp³-hybridized carbons (Fsp3) is 0.818. The molecule has 1 heterocycles. The minimum absolute atomic E-state index is 0.861. The van der Waals surface area contributed by atoms with Gasteiger partial charge in [0.05, 0.1) is 0 Å². The summed E-state index contributed by atoms with van der Waals surface area (Å²) in [7, 11) is 0. The lowest BCUT2D eigenvalue weighted by molar-refractivity contribution is 0.417. The van der Waals surface area contributed by atoms with Crippen molar-refractivity contribution in [3.05, 3.63) is 0 Å². The Labute approximate surface area is 96.6 Å². The van der Waals surface area contributed by atoms with Crippen molar-refractivity contribution in [1.29, 1.82) is 5.26 Å². The first-order chi connectivity index (χ1) is 7.31. The third-order valence-corrected chi connectivity index (χ3v) is 3.74. The van der Waals surface area contributed by atoms with Crippen molar-refractivity contribution in [3.8, 4) is 6.19 Å². The normalized spacial score (nSPS) is 23.4. The number of amidine groups is 1. The fourth-order valence-corrected chi connectivity index (χ4v) is 2.63. The van der Waals surface area contributed by atoms with E-state index in [1.54, 1.807) is 11.8 Å². The maximum absolute atomic E-state index is 8.59.